The minimum atomic E-state index is -3.89. The lowest BCUT2D eigenvalue weighted by Gasteiger charge is -2.29. The lowest BCUT2D eigenvalue weighted by atomic mass is 9.94. The summed E-state index contributed by atoms with van der Waals surface area (Å²) in [4.78, 5) is 28.7. The van der Waals surface area contributed by atoms with Gasteiger partial charge >= 0.3 is 0 Å². The zero-order valence-corrected chi connectivity index (χ0v) is 22.0. The van der Waals surface area contributed by atoms with Gasteiger partial charge in [-0.05, 0) is 61.9 Å². The number of rotatable bonds is 7. The third-order valence-corrected chi connectivity index (χ3v) is 10.6. The molecule has 2 aliphatic carbocycles. The molecule has 2 N–H and O–H groups in total. The highest BCUT2D eigenvalue weighted by atomic mass is 79.9. The molecule has 35 heavy (non-hydrogen) atoms. The number of sulfone groups is 1. The van der Waals surface area contributed by atoms with Crippen molar-refractivity contribution in [3.8, 4) is 0 Å². The first-order chi connectivity index (χ1) is 16.6. The summed E-state index contributed by atoms with van der Waals surface area (Å²) in [5, 5.41) is 9.69. The second-order valence-corrected chi connectivity index (χ2v) is 13.2. The third-order valence-electron chi connectivity index (χ3n) is 7.40. The third kappa shape index (κ3) is 4.32. The van der Waals surface area contributed by atoms with E-state index in [0.29, 0.717) is 25.7 Å². The van der Waals surface area contributed by atoms with E-state index < -0.39 is 38.0 Å². The van der Waals surface area contributed by atoms with Crippen molar-refractivity contribution >= 4 is 55.4 Å². The van der Waals surface area contributed by atoms with Crippen LogP contribution in [0.1, 0.15) is 37.7 Å². The number of likely N-dealkylation sites (tertiary alicyclic amines) is 1. The fourth-order valence-corrected chi connectivity index (χ4v) is 7.40. The van der Waals surface area contributed by atoms with E-state index in [2.05, 4.69) is 21.2 Å². The van der Waals surface area contributed by atoms with Crippen molar-refractivity contribution in [3.63, 3.8) is 0 Å². The zero-order valence-electron chi connectivity index (χ0n) is 18.8. The number of carbonyl (C=O) groups excluding carboxylic acids is 2. The van der Waals surface area contributed by atoms with E-state index in [4.69, 9.17) is 17.0 Å². The van der Waals surface area contributed by atoms with E-state index in [0.717, 1.165) is 10.0 Å². The van der Waals surface area contributed by atoms with Crippen LogP contribution in [0.2, 0.25) is 5.02 Å². The summed E-state index contributed by atoms with van der Waals surface area (Å²) in [6.07, 6.45) is 3.80. The van der Waals surface area contributed by atoms with Gasteiger partial charge in [0.2, 0.25) is 11.8 Å². The molecule has 7 nitrogen and oxygen atoms in total. The van der Waals surface area contributed by atoms with Crippen LogP contribution in [0.3, 0.4) is 0 Å². The SMILES string of the molecule is N=CC1(NC(=O)[C@@H]2C[C@@H](S(=O)(=O)c3ccccc3Cl)CN2C(=O)C2(c3ccc(Br)cc3)CC2)CC1. The molecule has 1 aliphatic heterocycles. The first kappa shape index (κ1) is 24.5. The summed E-state index contributed by atoms with van der Waals surface area (Å²) < 4.78 is 27.9. The van der Waals surface area contributed by atoms with Crippen LogP contribution in [0.4, 0.5) is 0 Å². The van der Waals surface area contributed by atoms with Crippen molar-refractivity contribution in [2.45, 2.75) is 59.2 Å². The van der Waals surface area contributed by atoms with Gasteiger partial charge in [0, 0.05) is 17.2 Å². The van der Waals surface area contributed by atoms with Crippen LogP contribution < -0.4 is 5.32 Å². The molecule has 0 unspecified atom stereocenters. The average Bonchev–Trinajstić information content (AvgIpc) is 3.76. The molecule has 2 saturated carbocycles. The topological polar surface area (TPSA) is 107 Å². The first-order valence-corrected chi connectivity index (χ1v) is 14.2. The Labute approximate surface area is 217 Å². The van der Waals surface area contributed by atoms with Crippen LogP contribution in [-0.2, 0) is 24.8 Å². The van der Waals surface area contributed by atoms with Gasteiger partial charge in [-0.15, -0.1) is 0 Å². The molecule has 2 amide bonds. The van der Waals surface area contributed by atoms with Gasteiger partial charge in [-0.1, -0.05) is 51.8 Å². The fraction of sp³-hybridized carbons (Fsp3) is 0.400. The van der Waals surface area contributed by atoms with Crippen molar-refractivity contribution in [2.24, 2.45) is 0 Å². The molecule has 0 bridgehead atoms. The molecule has 0 radical (unpaired) electrons. The number of nitrogens with one attached hydrogen (secondary N) is 2. The van der Waals surface area contributed by atoms with Gasteiger partial charge in [-0.3, -0.25) is 9.59 Å². The number of hydrogen-bond acceptors (Lipinski definition) is 5. The standard InChI is InChI=1S/C25H25BrClN3O4S/c26-17-7-5-16(6-8-17)25(11-12-25)23(32)30-14-18(35(33,34)21-4-2-1-3-19(21)27)13-20(30)22(31)29-24(15-28)9-10-24/h1-8,15,18,20,28H,9-14H2,(H,29,31)/t18-,20+/m1/s1. The van der Waals surface area contributed by atoms with E-state index in [-0.39, 0.29) is 28.8 Å². The van der Waals surface area contributed by atoms with Crippen LogP contribution >= 0.6 is 27.5 Å². The van der Waals surface area contributed by atoms with Gasteiger partial charge in [0.05, 0.1) is 26.1 Å². The molecule has 3 aliphatic rings. The molecular weight excluding hydrogens is 554 g/mol. The number of amides is 2. The minimum Gasteiger partial charge on any atom is -0.344 e. The second-order valence-electron chi connectivity index (χ2n) is 9.69. The van der Waals surface area contributed by atoms with Crippen LogP contribution in [0, 0.1) is 5.41 Å². The summed E-state index contributed by atoms with van der Waals surface area (Å²) >= 11 is 9.63. The van der Waals surface area contributed by atoms with Gasteiger partial charge < -0.3 is 15.6 Å². The maximum atomic E-state index is 13.9. The van der Waals surface area contributed by atoms with Gasteiger partial charge in [-0.2, -0.15) is 0 Å². The molecule has 2 atom stereocenters. The molecule has 1 heterocycles. The number of halogens is 2. The summed E-state index contributed by atoms with van der Waals surface area (Å²) in [5.74, 6) is -0.639. The van der Waals surface area contributed by atoms with Crippen LogP contribution in [0.15, 0.2) is 57.9 Å². The summed E-state index contributed by atoms with van der Waals surface area (Å²) in [6.45, 7) is -0.0830. The van der Waals surface area contributed by atoms with Crippen molar-refractivity contribution in [3.05, 3.63) is 63.6 Å². The summed E-state index contributed by atoms with van der Waals surface area (Å²) in [7, 11) is -3.89. The van der Waals surface area contributed by atoms with Gasteiger partial charge in [0.1, 0.15) is 6.04 Å². The highest BCUT2D eigenvalue weighted by Gasteiger charge is 2.58. The van der Waals surface area contributed by atoms with Crippen molar-refractivity contribution in [1.82, 2.24) is 10.2 Å². The van der Waals surface area contributed by atoms with E-state index in [1.165, 1.54) is 23.2 Å². The molecule has 10 heteroatoms. The van der Waals surface area contributed by atoms with E-state index in [9.17, 15) is 18.0 Å². The van der Waals surface area contributed by atoms with Crippen molar-refractivity contribution < 1.29 is 18.0 Å². The molecule has 1 saturated heterocycles. The highest BCUT2D eigenvalue weighted by Crippen LogP contribution is 2.51. The Morgan fingerprint density at radius 3 is 2.31 bits per heavy atom. The summed E-state index contributed by atoms with van der Waals surface area (Å²) in [5.41, 5.74) is -0.573. The molecule has 5 rings (SSSR count). The minimum absolute atomic E-state index is 0.00678. The Hall–Kier alpha value is -2.23. The molecular formula is C25H25BrClN3O4S. The molecule has 3 fully saturated rings. The fourth-order valence-electron chi connectivity index (χ4n) is 4.91. The molecule has 2 aromatic carbocycles. The second kappa shape index (κ2) is 8.71. The van der Waals surface area contributed by atoms with Gasteiger partial charge in [0.15, 0.2) is 9.84 Å². The van der Waals surface area contributed by atoms with Crippen LogP contribution in [-0.4, -0.2) is 54.7 Å². The van der Waals surface area contributed by atoms with Crippen LogP contribution in [0.5, 0.6) is 0 Å². The average molecular weight is 579 g/mol. The molecule has 184 valence electrons. The number of hydrogen-bond donors (Lipinski definition) is 2. The largest absolute Gasteiger partial charge is 0.344 e. The highest BCUT2D eigenvalue weighted by molar-refractivity contribution is 9.10. The van der Waals surface area contributed by atoms with Crippen LogP contribution in [0.25, 0.3) is 0 Å². The Kier molecular flexibility index (Phi) is 6.09. The Morgan fingerprint density at radius 2 is 1.74 bits per heavy atom. The monoisotopic (exact) mass is 577 g/mol. The summed E-state index contributed by atoms with van der Waals surface area (Å²) in [6, 6.07) is 12.8. The van der Waals surface area contributed by atoms with Crippen molar-refractivity contribution in [1.29, 1.82) is 5.41 Å². The van der Waals surface area contributed by atoms with E-state index >= 15 is 0 Å². The van der Waals surface area contributed by atoms with E-state index in [1.807, 2.05) is 24.3 Å². The Balaban J connectivity index is 1.48. The molecule has 0 spiro atoms. The number of benzene rings is 2. The predicted molar refractivity (Wildman–Crippen MR) is 136 cm³/mol. The smallest absolute Gasteiger partial charge is 0.243 e. The lowest BCUT2D eigenvalue weighted by molar-refractivity contribution is -0.140. The predicted octanol–water partition coefficient (Wildman–Crippen LogP) is 3.88. The van der Waals surface area contributed by atoms with Gasteiger partial charge in [0.25, 0.3) is 0 Å². The number of nitrogens with zero attached hydrogens (tertiary/aromatic N) is 1. The lowest BCUT2D eigenvalue weighted by Crippen LogP contribution is -2.52. The normalized spacial score (nSPS) is 24.0. The maximum Gasteiger partial charge on any atom is 0.243 e. The van der Waals surface area contributed by atoms with Crippen molar-refractivity contribution in [2.75, 3.05) is 6.54 Å². The Bertz CT molecular complexity index is 1310. The van der Waals surface area contributed by atoms with E-state index in [1.54, 1.807) is 12.1 Å². The quantitative estimate of drug-likeness (QED) is 0.486. The van der Waals surface area contributed by atoms with Gasteiger partial charge in [-0.25, -0.2) is 8.42 Å². The zero-order chi connectivity index (χ0) is 25.0. The Morgan fingerprint density at radius 1 is 1.09 bits per heavy atom. The molecule has 2 aromatic rings. The number of carbonyl (C=O) groups is 2. The molecule has 0 aromatic heterocycles. The maximum absolute atomic E-state index is 13.9. The first-order valence-electron chi connectivity index (χ1n) is 11.5.